The molecule has 3 rings (SSSR count). The standard InChI is InChI=1S/C16H18N6O3/c1-3-24-16(23)25-12-8(2)20-14-11(13(17)21-15(18)22-14)10(12)9-5-4-6-19-7-9/h4-7,10H,3H2,1-2H3,(H5,17,18,20,21,22). The average Bonchev–Trinajstić information content (AvgIpc) is 2.56. The first-order chi connectivity index (χ1) is 12.0. The summed E-state index contributed by atoms with van der Waals surface area (Å²) in [6.45, 7) is 3.66. The second kappa shape index (κ2) is 6.63. The Morgan fingerprint density at radius 3 is 2.84 bits per heavy atom. The topological polar surface area (TPSA) is 138 Å². The lowest BCUT2D eigenvalue weighted by molar-refractivity contribution is 0.0777. The van der Waals surface area contributed by atoms with Gasteiger partial charge in [0.05, 0.1) is 23.8 Å². The molecule has 0 saturated heterocycles. The molecule has 1 unspecified atom stereocenters. The maximum absolute atomic E-state index is 11.9. The van der Waals surface area contributed by atoms with Crippen LogP contribution in [0, 0.1) is 0 Å². The van der Waals surface area contributed by atoms with Crippen molar-refractivity contribution in [2.24, 2.45) is 0 Å². The van der Waals surface area contributed by atoms with Crippen molar-refractivity contribution in [2.75, 3.05) is 23.4 Å². The van der Waals surface area contributed by atoms with Crippen LogP contribution >= 0.6 is 0 Å². The predicted molar refractivity (Wildman–Crippen MR) is 91.4 cm³/mol. The van der Waals surface area contributed by atoms with Gasteiger partial charge in [-0.1, -0.05) is 6.07 Å². The van der Waals surface area contributed by atoms with E-state index in [9.17, 15) is 4.79 Å². The second-order valence-electron chi connectivity index (χ2n) is 5.35. The molecule has 9 nitrogen and oxygen atoms in total. The van der Waals surface area contributed by atoms with Crippen molar-refractivity contribution in [3.63, 3.8) is 0 Å². The molecule has 3 heterocycles. The van der Waals surface area contributed by atoms with Crippen LogP contribution in [0.5, 0.6) is 0 Å². The van der Waals surface area contributed by atoms with Gasteiger partial charge < -0.3 is 26.3 Å². The highest BCUT2D eigenvalue weighted by Crippen LogP contribution is 2.43. The van der Waals surface area contributed by atoms with E-state index in [0.29, 0.717) is 22.8 Å². The van der Waals surface area contributed by atoms with Gasteiger partial charge in [-0.05, 0) is 25.5 Å². The molecular formula is C16H18N6O3. The van der Waals surface area contributed by atoms with E-state index in [0.717, 1.165) is 5.56 Å². The van der Waals surface area contributed by atoms with Crippen molar-refractivity contribution in [2.45, 2.75) is 19.8 Å². The summed E-state index contributed by atoms with van der Waals surface area (Å²) in [6.07, 6.45) is 2.51. The van der Waals surface area contributed by atoms with Gasteiger partial charge in [-0.15, -0.1) is 0 Å². The zero-order valence-corrected chi connectivity index (χ0v) is 13.8. The van der Waals surface area contributed by atoms with Crippen molar-refractivity contribution in [3.05, 3.63) is 47.1 Å². The number of pyridine rings is 1. The Hall–Kier alpha value is -3.36. The average molecular weight is 342 g/mol. The number of carbonyl (C=O) groups excluding carboxylic acids is 1. The molecule has 0 fully saturated rings. The van der Waals surface area contributed by atoms with E-state index in [2.05, 4.69) is 20.3 Å². The summed E-state index contributed by atoms with van der Waals surface area (Å²) in [5.41, 5.74) is 13.7. The number of ether oxygens (including phenoxy) is 2. The molecule has 0 saturated carbocycles. The zero-order chi connectivity index (χ0) is 18.0. The third-order valence-corrected chi connectivity index (χ3v) is 3.69. The van der Waals surface area contributed by atoms with Gasteiger partial charge in [-0.25, -0.2) is 4.79 Å². The third-order valence-electron chi connectivity index (χ3n) is 3.69. The molecule has 5 N–H and O–H groups in total. The molecule has 0 radical (unpaired) electrons. The number of hydrogen-bond acceptors (Lipinski definition) is 9. The van der Waals surface area contributed by atoms with Gasteiger partial charge in [-0.3, -0.25) is 4.98 Å². The minimum Gasteiger partial charge on any atom is -0.434 e. The van der Waals surface area contributed by atoms with Crippen LogP contribution in [0.1, 0.15) is 30.9 Å². The monoisotopic (exact) mass is 342 g/mol. The smallest absolute Gasteiger partial charge is 0.434 e. The lowest BCUT2D eigenvalue weighted by Gasteiger charge is -2.29. The largest absolute Gasteiger partial charge is 0.513 e. The van der Waals surface area contributed by atoms with Gasteiger partial charge in [0.1, 0.15) is 17.4 Å². The Labute approximate surface area is 144 Å². The molecule has 0 aromatic carbocycles. The van der Waals surface area contributed by atoms with E-state index in [1.807, 2.05) is 6.07 Å². The Morgan fingerprint density at radius 1 is 1.36 bits per heavy atom. The van der Waals surface area contributed by atoms with E-state index in [1.165, 1.54) is 0 Å². The first-order valence-electron chi connectivity index (χ1n) is 7.66. The van der Waals surface area contributed by atoms with Gasteiger partial charge in [0.2, 0.25) is 5.95 Å². The summed E-state index contributed by atoms with van der Waals surface area (Å²) in [5.74, 6) is 0.541. The number of aromatic nitrogens is 3. The van der Waals surface area contributed by atoms with Crippen molar-refractivity contribution >= 4 is 23.7 Å². The minimum atomic E-state index is -0.800. The molecule has 1 aliphatic heterocycles. The van der Waals surface area contributed by atoms with Crippen molar-refractivity contribution in [3.8, 4) is 0 Å². The fraction of sp³-hybridized carbons (Fsp3) is 0.250. The number of nitrogens with two attached hydrogens (primary N) is 2. The number of anilines is 3. The van der Waals surface area contributed by atoms with Gasteiger partial charge in [-0.2, -0.15) is 9.97 Å². The van der Waals surface area contributed by atoms with E-state index in [-0.39, 0.29) is 18.4 Å². The van der Waals surface area contributed by atoms with E-state index in [1.54, 1.807) is 32.3 Å². The molecular weight excluding hydrogens is 324 g/mol. The number of hydrogen-bond donors (Lipinski definition) is 3. The fourth-order valence-corrected chi connectivity index (χ4v) is 2.71. The van der Waals surface area contributed by atoms with Gasteiger partial charge in [0, 0.05) is 12.4 Å². The molecule has 130 valence electrons. The first-order valence-corrected chi connectivity index (χ1v) is 7.66. The van der Waals surface area contributed by atoms with Crippen LogP contribution < -0.4 is 16.8 Å². The fourth-order valence-electron chi connectivity index (χ4n) is 2.71. The summed E-state index contributed by atoms with van der Waals surface area (Å²) in [4.78, 5) is 24.2. The number of nitrogen functional groups attached to an aromatic ring is 2. The molecule has 0 spiro atoms. The highest BCUT2D eigenvalue weighted by molar-refractivity contribution is 5.71. The van der Waals surface area contributed by atoms with E-state index < -0.39 is 12.1 Å². The summed E-state index contributed by atoms with van der Waals surface area (Å²) in [6, 6.07) is 3.63. The summed E-state index contributed by atoms with van der Waals surface area (Å²) in [5, 5.41) is 3.05. The zero-order valence-electron chi connectivity index (χ0n) is 13.8. The summed E-state index contributed by atoms with van der Waals surface area (Å²) < 4.78 is 10.3. The second-order valence-corrected chi connectivity index (χ2v) is 5.35. The predicted octanol–water partition coefficient (Wildman–Crippen LogP) is 2.00. The van der Waals surface area contributed by atoms with Crippen molar-refractivity contribution in [1.29, 1.82) is 0 Å². The summed E-state index contributed by atoms with van der Waals surface area (Å²) >= 11 is 0. The Balaban J connectivity index is 2.14. The Morgan fingerprint density at radius 2 is 2.16 bits per heavy atom. The normalized spacial score (nSPS) is 16.0. The lowest BCUT2D eigenvalue weighted by atomic mass is 9.88. The van der Waals surface area contributed by atoms with E-state index >= 15 is 0 Å². The number of nitrogens with one attached hydrogen (secondary N) is 1. The van der Waals surface area contributed by atoms with Gasteiger partial charge in [0.25, 0.3) is 0 Å². The van der Waals surface area contributed by atoms with Crippen molar-refractivity contribution < 1.29 is 14.3 Å². The number of rotatable bonds is 3. The maximum atomic E-state index is 11.9. The maximum Gasteiger partial charge on any atom is 0.513 e. The lowest BCUT2D eigenvalue weighted by Crippen LogP contribution is -2.25. The van der Waals surface area contributed by atoms with Crippen LogP contribution in [-0.4, -0.2) is 27.7 Å². The highest BCUT2D eigenvalue weighted by atomic mass is 16.7. The van der Waals surface area contributed by atoms with Gasteiger partial charge >= 0.3 is 6.16 Å². The SMILES string of the molecule is CCOC(=O)OC1=C(C)Nc2nc(N)nc(N)c2C1c1cccnc1. The first kappa shape index (κ1) is 16.5. The number of nitrogens with zero attached hydrogens (tertiary/aromatic N) is 3. The molecule has 25 heavy (non-hydrogen) atoms. The molecule has 2 aromatic heterocycles. The third kappa shape index (κ3) is 3.16. The highest BCUT2D eigenvalue weighted by Gasteiger charge is 2.35. The van der Waals surface area contributed by atoms with Crippen LogP contribution in [0.2, 0.25) is 0 Å². The molecule has 0 bridgehead atoms. The van der Waals surface area contributed by atoms with Crippen LogP contribution in [0.15, 0.2) is 36.0 Å². The molecule has 9 heteroatoms. The quantitative estimate of drug-likeness (QED) is 0.715. The van der Waals surface area contributed by atoms with Crippen molar-refractivity contribution in [1.82, 2.24) is 15.0 Å². The molecule has 2 aromatic rings. The van der Waals surface area contributed by atoms with Crippen LogP contribution in [0.3, 0.4) is 0 Å². The molecule has 1 aliphatic rings. The molecule has 0 amide bonds. The number of carbonyl (C=O) groups is 1. The number of fused-ring (bicyclic) bond motifs is 1. The summed E-state index contributed by atoms with van der Waals surface area (Å²) in [7, 11) is 0. The number of allylic oxidation sites excluding steroid dienone is 2. The van der Waals surface area contributed by atoms with Crippen LogP contribution in [0.25, 0.3) is 0 Å². The Bertz CT molecular complexity index is 837. The minimum absolute atomic E-state index is 0.0521. The van der Waals surface area contributed by atoms with E-state index in [4.69, 9.17) is 20.9 Å². The Kier molecular flexibility index (Phi) is 4.38. The van der Waals surface area contributed by atoms with Crippen LogP contribution in [-0.2, 0) is 9.47 Å². The molecule has 1 atom stereocenters. The van der Waals surface area contributed by atoms with Crippen LogP contribution in [0.4, 0.5) is 22.4 Å². The van der Waals surface area contributed by atoms with Gasteiger partial charge in [0.15, 0.2) is 0 Å². The molecule has 0 aliphatic carbocycles.